The second kappa shape index (κ2) is 7.37. The summed E-state index contributed by atoms with van der Waals surface area (Å²) in [7, 11) is 0. The molecule has 0 aliphatic heterocycles. The standard InChI is InChI=1S/C15H17N3O4/c1-11-8-17-18(9-11)13-4-2-12(3-5-13)15(21)16-6-7-22-10-14(19)20/h2-5,8-9H,6-7,10H2,1H3,(H,16,21)(H,19,20). The molecule has 0 aliphatic rings. The predicted molar refractivity (Wildman–Crippen MR) is 79.1 cm³/mol. The zero-order chi connectivity index (χ0) is 15.9. The normalized spacial score (nSPS) is 10.4. The van der Waals surface area contributed by atoms with Crippen molar-refractivity contribution in [3.05, 3.63) is 47.8 Å². The molecule has 0 spiro atoms. The molecule has 0 saturated heterocycles. The van der Waals surface area contributed by atoms with Crippen LogP contribution in [0.3, 0.4) is 0 Å². The number of nitrogens with zero attached hydrogens (tertiary/aromatic N) is 2. The van der Waals surface area contributed by atoms with Crippen molar-refractivity contribution < 1.29 is 19.4 Å². The number of rotatable bonds is 7. The van der Waals surface area contributed by atoms with E-state index in [1.807, 2.05) is 25.3 Å². The van der Waals surface area contributed by atoms with Crippen LogP contribution in [0.15, 0.2) is 36.7 Å². The van der Waals surface area contributed by atoms with Crippen LogP contribution < -0.4 is 5.32 Å². The van der Waals surface area contributed by atoms with Crippen LogP contribution in [0.5, 0.6) is 0 Å². The van der Waals surface area contributed by atoms with Gasteiger partial charge in [-0.15, -0.1) is 0 Å². The molecule has 7 heteroatoms. The number of carboxylic acids is 1. The number of hydrogen-bond donors (Lipinski definition) is 2. The van der Waals surface area contributed by atoms with E-state index in [2.05, 4.69) is 10.4 Å². The van der Waals surface area contributed by atoms with E-state index in [0.717, 1.165) is 11.3 Å². The summed E-state index contributed by atoms with van der Waals surface area (Å²) in [5, 5.41) is 15.3. The van der Waals surface area contributed by atoms with E-state index in [-0.39, 0.29) is 25.7 Å². The molecule has 2 rings (SSSR count). The lowest BCUT2D eigenvalue weighted by Gasteiger charge is -2.06. The second-order valence-corrected chi connectivity index (χ2v) is 4.71. The van der Waals surface area contributed by atoms with Crippen LogP contribution in [-0.4, -0.2) is 46.5 Å². The average Bonchev–Trinajstić information content (AvgIpc) is 2.93. The molecule has 1 heterocycles. The van der Waals surface area contributed by atoms with Gasteiger partial charge in [0.1, 0.15) is 6.61 Å². The number of aryl methyl sites for hydroxylation is 1. The molecule has 1 aromatic carbocycles. The molecule has 1 amide bonds. The number of carboxylic acid groups (broad SMARTS) is 1. The Bertz CT molecular complexity index is 649. The molecular formula is C15H17N3O4. The van der Waals surface area contributed by atoms with E-state index in [4.69, 9.17) is 9.84 Å². The third-order valence-electron chi connectivity index (χ3n) is 2.86. The Morgan fingerprint density at radius 2 is 2.05 bits per heavy atom. The van der Waals surface area contributed by atoms with Gasteiger partial charge >= 0.3 is 5.97 Å². The number of aromatic nitrogens is 2. The van der Waals surface area contributed by atoms with Crippen LogP contribution in [0.25, 0.3) is 5.69 Å². The number of carbonyl (C=O) groups excluding carboxylic acids is 1. The van der Waals surface area contributed by atoms with Crippen LogP contribution in [0, 0.1) is 6.92 Å². The zero-order valence-corrected chi connectivity index (χ0v) is 12.2. The fourth-order valence-corrected chi connectivity index (χ4v) is 1.82. The van der Waals surface area contributed by atoms with Gasteiger partial charge in [-0.25, -0.2) is 9.48 Å². The third-order valence-corrected chi connectivity index (χ3v) is 2.86. The summed E-state index contributed by atoms with van der Waals surface area (Å²) in [4.78, 5) is 22.1. The van der Waals surface area contributed by atoms with Gasteiger partial charge in [-0.3, -0.25) is 4.79 Å². The highest BCUT2D eigenvalue weighted by Crippen LogP contribution is 2.09. The summed E-state index contributed by atoms with van der Waals surface area (Å²) in [5.74, 6) is -1.27. The average molecular weight is 303 g/mol. The Kier molecular flexibility index (Phi) is 5.26. The predicted octanol–water partition coefficient (Wildman–Crippen LogP) is 1.01. The Morgan fingerprint density at radius 1 is 1.32 bits per heavy atom. The molecule has 0 aliphatic carbocycles. The Labute approximate surface area is 127 Å². The van der Waals surface area contributed by atoms with Crippen LogP contribution in [0.2, 0.25) is 0 Å². The SMILES string of the molecule is Cc1cnn(-c2ccc(C(=O)NCCOCC(=O)O)cc2)c1. The second-order valence-electron chi connectivity index (χ2n) is 4.71. The summed E-state index contributed by atoms with van der Waals surface area (Å²) in [6, 6.07) is 7.03. The molecule has 0 radical (unpaired) electrons. The van der Waals surface area contributed by atoms with Crippen molar-refractivity contribution in [1.82, 2.24) is 15.1 Å². The first-order valence-electron chi connectivity index (χ1n) is 6.76. The Morgan fingerprint density at radius 3 is 2.64 bits per heavy atom. The number of hydrogen-bond acceptors (Lipinski definition) is 4. The quantitative estimate of drug-likeness (QED) is 0.745. The fraction of sp³-hybridized carbons (Fsp3) is 0.267. The highest BCUT2D eigenvalue weighted by Gasteiger charge is 2.06. The van der Waals surface area contributed by atoms with E-state index >= 15 is 0 Å². The van der Waals surface area contributed by atoms with Gasteiger partial charge < -0.3 is 15.2 Å². The molecule has 0 unspecified atom stereocenters. The summed E-state index contributed by atoms with van der Waals surface area (Å²) in [6.07, 6.45) is 3.66. The minimum Gasteiger partial charge on any atom is -0.480 e. The van der Waals surface area contributed by atoms with Gasteiger partial charge in [0.2, 0.25) is 0 Å². The first kappa shape index (κ1) is 15.7. The smallest absolute Gasteiger partial charge is 0.329 e. The maximum absolute atomic E-state index is 11.9. The van der Waals surface area contributed by atoms with Gasteiger partial charge in [0, 0.05) is 18.3 Å². The number of ether oxygens (including phenoxy) is 1. The molecule has 7 nitrogen and oxygen atoms in total. The number of amides is 1. The molecule has 0 bridgehead atoms. The van der Waals surface area contributed by atoms with E-state index < -0.39 is 5.97 Å². The molecule has 22 heavy (non-hydrogen) atoms. The van der Waals surface area contributed by atoms with Crippen LogP contribution in [0.4, 0.5) is 0 Å². The highest BCUT2D eigenvalue weighted by atomic mass is 16.5. The maximum atomic E-state index is 11.9. The number of nitrogens with one attached hydrogen (secondary N) is 1. The van der Waals surface area contributed by atoms with Crippen molar-refractivity contribution in [1.29, 1.82) is 0 Å². The van der Waals surface area contributed by atoms with Crippen LogP contribution >= 0.6 is 0 Å². The number of benzene rings is 1. The van der Waals surface area contributed by atoms with E-state index in [1.165, 1.54) is 0 Å². The van der Waals surface area contributed by atoms with Crippen molar-refractivity contribution in [2.75, 3.05) is 19.8 Å². The third kappa shape index (κ3) is 4.42. The van der Waals surface area contributed by atoms with Crippen LogP contribution in [-0.2, 0) is 9.53 Å². The maximum Gasteiger partial charge on any atom is 0.329 e. The van der Waals surface area contributed by atoms with Gasteiger partial charge in [0.05, 0.1) is 18.5 Å². The molecule has 116 valence electrons. The van der Waals surface area contributed by atoms with Crippen molar-refractivity contribution in [2.24, 2.45) is 0 Å². The minimum absolute atomic E-state index is 0.155. The minimum atomic E-state index is -1.03. The first-order valence-corrected chi connectivity index (χ1v) is 6.76. The zero-order valence-electron chi connectivity index (χ0n) is 12.2. The molecule has 1 aromatic heterocycles. The first-order chi connectivity index (χ1) is 10.6. The summed E-state index contributed by atoms with van der Waals surface area (Å²) in [6.45, 7) is 2.00. The van der Waals surface area contributed by atoms with Gasteiger partial charge in [-0.2, -0.15) is 5.10 Å². The monoisotopic (exact) mass is 303 g/mol. The van der Waals surface area contributed by atoms with E-state index in [1.54, 1.807) is 23.0 Å². The lowest BCUT2D eigenvalue weighted by Crippen LogP contribution is -2.27. The van der Waals surface area contributed by atoms with Gasteiger partial charge in [0.25, 0.3) is 5.91 Å². The summed E-state index contributed by atoms with van der Waals surface area (Å²) < 4.78 is 6.57. The van der Waals surface area contributed by atoms with Crippen molar-refractivity contribution in [2.45, 2.75) is 6.92 Å². The Hall–Kier alpha value is -2.67. The highest BCUT2D eigenvalue weighted by molar-refractivity contribution is 5.94. The van der Waals surface area contributed by atoms with Crippen molar-refractivity contribution >= 4 is 11.9 Å². The van der Waals surface area contributed by atoms with E-state index in [0.29, 0.717) is 5.56 Å². The Balaban J connectivity index is 1.84. The summed E-state index contributed by atoms with van der Waals surface area (Å²) >= 11 is 0. The molecule has 2 N–H and O–H groups in total. The molecule has 2 aromatic rings. The van der Waals surface area contributed by atoms with Crippen molar-refractivity contribution in [3.63, 3.8) is 0 Å². The summed E-state index contributed by atoms with van der Waals surface area (Å²) in [5.41, 5.74) is 2.45. The lowest BCUT2D eigenvalue weighted by molar-refractivity contribution is -0.142. The van der Waals surface area contributed by atoms with E-state index in [9.17, 15) is 9.59 Å². The van der Waals surface area contributed by atoms with Crippen molar-refractivity contribution in [3.8, 4) is 5.69 Å². The largest absolute Gasteiger partial charge is 0.480 e. The number of aliphatic carboxylic acids is 1. The molecular weight excluding hydrogens is 286 g/mol. The molecule has 0 fully saturated rings. The molecule has 0 saturated carbocycles. The van der Waals surface area contributed by atoms with Gasteiger partial charge in [-0.05, 0) is 36.8 Å². The lowest BCUT2D eigenvalue weighted by atomic mass is 10.2. The van der Waals surface area contributed by atoms with Crippen LogP contribution in [0.1, 0.15) is 15.9 Å². The van der Waals surface area contributed by atoms with Gasteiger partial charge in [-0.1, -0.05) is 0 Å². The fourth-order valence-electron chi connectivity index (χ4n) is 1.82. The topological polar surface area (TPSA) is 93.5 Å². The molecule has 0 atom stereocenters. The van der Waals surface area contributed by atoms with Gasteiger partial charge in [0.15, 0.2) is 0 Å². The number of carbonyl (C=O) groups is 2.